The number of ether oxygens (including phenoxy) is 2. The number of nitrogens with zero attached hydrogens (tertiary/aromatic N) is 1. The molecular weight excluding hydrogens is 354 g/mol. The molecule has 0 saturated heterocycles. The van der Waals surface area contributed by atoms with Crippen LogP contribution in [0.25, 0.3) is 10.9 Å². The summed E-state index contributed by atoms with van der Waals surface area (Å²) < 4.78 is 11.1. The van der Waals surface area contributed by atoms with Gasteiger partial charge in [0.25, 0.3) is 0 Å². The van der Waals surface area contributed by atoms with Crippen molar-refractivity contribution in [3.05, 3.63) is 60.8 Å². The van der Waals surface area contributed by atoms with Gasteiger partial charge in [-0.15, -0.1) is 0 Å². The molecule has 2 amide bonds. The number of nitrogens with one attached hydrogen (secondary N) is 2. The number of urea groups is 1. The maximum Gasteiger partial charge on any atom is 0.320 e. The lowest BCUT2D eigenvalue weighted by Gasteiger charge is -2.11. The number of carbonyl (C=O) groups is 1. The van der Waals surface area contributed by atoms with Gasteiger partial charge in [-0.3, -0.25) is 4.98 Å². The van der Waals surface area contributed by atoms with Gasteiger partial charge in [0, 0.05) is 17.6 Å². The fraction of sp³-hybridized carbons (Fsp3) is 0.182. The summed E-state index contributed by atoms with van der Waals surface area (Å²) in [5.41, 5.74) is 1.49. The lowest BCUT2D eigenvalue weighted by molar-refractivity contribution is 0.253. The second-order valence-electron chi connectivity index (χ2n) is 5.74. The number of hydrogen-bond acceptors (Lipinski definition) is 4. The smallest absolute Gasteiger partial charge is 0.320 e. The molecular formula is C22H21N3O3. The van der Waals surface area contributed by atoms with Gasteiger partial charge >= 0.3 is 6.03 Å². The van der Waals surface area contributed by atoms with E-state index in [0.717, 1.165) is 10.9 Å². The van der Waals surface area contributed by atoms with E-state index in [1.165, 1.54) is 0 Å². The number of rotatable bonds is 6. The van der Waals surface area contributed by atoms with Crippen LogP contribution in [0, 0.1) is 11.8 Å². The molecule has 0 aliphatic carbocycles. The van der Waals surface area contributed by atoms with E-state index < -0.39 is 0 Å². The quantitative estimate of drug-likeness (QED) is 0.642. The topological polar surface area (TPSA) is 72.5 Å². The minimum atomic E-state index is -0.344. The van der Waals surface area contributed by atoms with Crippen molar-refractivity contribution in [3.8, 4) is 23.3 Å². The molecule has 6 heteroatoms. The van der Waals surface area contributed by atoms with Crippen LogP contribution in [0.3, 0.4) is 0 Å². The highest BCUT2D eigenvalue weighted by atomic mass is 16.5. The Morgan fingerprint density at radius 2 is 1.96 bits per heavy atom. The number of amides is 2. The minimum Gasteiger partial charge on any atom is -0.492 e. The van der Waals surface area contributed by atoms with Crippen LogP contribution in [-0.4, -0.2) is 30.8 Å². The maximum absolute atomic E-state index is 12.0. The second-order valence-corrected chi connectivity index (χ2v) is 5.74. The third-order valence-electron chi connectivity index (χ3n) is 3.79. The molecule has 28 heavy (non-hydrogen) atoms. The van der Waals surface area contributed by atoms with Crippen LogP contribution in [0.5, 0.6) is 11.5 Å². The molecule has 6 nitrogen and oxygen atoms in total. The molecule has 2 N–H and O–H groups in total. The number of fused-ring (bicyclic) bond motifs is 1. The molecule has 0 fully saturated rings. The van der Waals surface area contributed by atoms with E-state index in [9.17, 15) is 4.79 Å². The van der Waals surface area contributed by atoms with Crippen LogP contribution >= 0.6 is 0 Å². The van der Waals surface area contributed by atoms with Gasteiger partial charge in [0.1, 0.15) is 18.1 Å². The Balaban J connectivity index is 1.43. The van der Waals surface area contributed by atoms with E-state index in [4.69, 9.17) is 9.47 Å². The van der Waals surface area contributed by atoms with Crippen molar-refractivity contribution < 1.29 is 14.3 Å². The summed E-state index contributed by atoms with van der Waals surface area (Å²) in [6, 6.07) is 16.5. The van der Waals surface area contributed by atoms with E-state index in [-0.39, 0.29) is 19.2 Å². The molecule has 142 valence electrons. The van der Waals surface area contributed by atoms with Gasteiger partial charge in [-0.2, -0.15) is 0 Å². The fourth-order valence-electron chi connectivity index (χ4n) is 2.51. The van der Waals surface area contributed by atoms with Gasteiger partial charge in [-0.1, -0.05) is 30.0 Å². The van der Waals surface area contributed by atoms with Crippen molar-refractivity contribution in [2.45, 2.75) is 6.92 Å². The number of para-hydroxylation sites is 2. The van der Waals surface area contributed by atoms with Crippen molar-refractivity contribution in [3.63, 3.8) is 0 Å². The highest BCUT2D eigenvalue weighted by Gasteiger charge is 2.05. The zero-order valence-corrected chi connectivity index (χ0v) is 15.6. The summed E-state index contributed by atoms with van der Waals surface area (Å²) in [7, 11) is 0. The van der Waals surface area contributed by atoms with E-state index in [0.29, 0.717) is 23.8 Å². The Labute approximate surface area is 163 Å². The summed E-state index contributed by atoms with van der Waals surface area (Å²) in [4.78, 5) is 16.3. The number of aromatic nitrogens is 1. The van der Waals surface area contributed by atoms with E-state index in [2.05, 4.69) is 27.5 Å². The standard InChI is InChI=1S/C22H21N3O3/c1-2-27-21-10-4-3-9-19(21)25-22(26)24-13-5-6-15-28-18-12-11-17-8-7-14-23-20(17)16-18/h3-4,7-12,14,16H,2,13,15H2,1H3,(H2,24,25,26). The lowest BCUT2D eigenvalue weighted by Crippen LogP contribution is -2.29. The number of anilines is 1. The first kappa shape index (κ1) is 19.1. The van der Waals surface area contributed by atoms with E-state index in [1.807, 2.05) is 49.4 Å². The van der Waals surface area contributed by atoms with Gasteiger partial charge in [0.05, 0.1) is 24.4 Å². The third-order valence-corrected chi connectivity index (χ3v) is 3.79. The van der Waals surface area contributed by atoms with Crippen LogP contribution < -0.4 is 20.1 Å². The molecule has 0 aliphatic rings. The Kier molecular flexibility index (Phi) is 6.69. The Morgan fingerprint density at radius 1 is 1.07 bits per heavy atom. The Hall–Kier alpha value is -3.72. The second kappa shape index (κ2) is 9.83. The third kappa shape index (κ3) is 5.39. The minimum absolute atomic E-state index is 0.214. The monoisotopic (exact) mass is 375 g/mol. The molecule has 0 aliphatic heterocycles. The average Bonchev–Trinajstić information content (AvgIpc) is 2.72. The lowest BCUT2D eigenvalue weighted by atomic mass is 10.2. The SMILES string of the molecule is CCOc1ccccc1NC(=O)NCC#CCOc1ccc2cccnc2c1. The molecule has 2 aromatic carbocycles. The van der Waals surface area contributed by atoms with Crippen LogP contribution in [0.15, 0.2) is 60.8 Å². The first-order valence-corrected chi connectivity index (χ1v) is 8.96. The van der Waals surface area contributed by atoms with Crippen molar-refractivity contribution >= 4 is 22.6 Å². The number of carbonyl (C=O) groups excluding carboxylic acids is 1. The van der Waals surface area contributed by atoms with Gasteiger partial charge in [0.2, 0.25) is 0 Å². The van der Waals surface area contributed by atoms with Gasteiger partial charge in [-0.25, -0.2) is 4.79 Å². The van der Waals surface area contributed by atoms with Gasteiger partial charge in [-0.05, 0) is 37.3 Å². The zero-order valence-electron chi connectivity index (χ0n) is 15.6. The summed E-state index contributed by atoms with van der Waals surface area (Å²) in [5.74, 6) is 7.06. The maximum atomic E-state index is 12.0. The predicted molar refractivity (Wildman–Crippen MR) is 110 cm³/mol. The first-order chi connectivity index (χ1) is 13.8. The summed E-state index contributed by atoms with van der Waals surface area (Å²) in [6.45, 7) is 2.86. The predicted octanol–water partition coefficient (Wildman–Crippen LogP) is 3.84. The van der Waals surface area contributed by atoms with Crippen molar-refractivity contribution in [2.75, 3.05) is 25.1 Å². The Morgan fingerprint density at radius 3 is 2.86 bits per heavy atom. The van der Waals surface area contributed by atoms with Crippen LogP contribution in [0.2, 0.25) is 0 Å². The van der Waals surface area contributed by atoms with Crippen LogP contribution in [0.1, 0.15) is 6.92 Å². The normalized spacial score (nSPS) is 9.89. The molecule has 3 rings (SSSR count). The van der Waals surface area contributed by atoms with Crippen LogP contribution in [0.4, 0.5) is 10.5 Å². The van der Waals surface area contributed by atoms with Crippen molar-refractivity contribution in [2.24, 2.45) is 0 Å². The summed E-state index contributed by atoms with van der Waals surface area (Å²) in [6.07, 6.45) is 1.75. The van der Waals surface area contributed by atoms with Crippen molar-refractivity contribution in [1.29, 1.82) is 0 Å². The summed E-state index contributed by atoms with van der Waals surface area (Å²) in [5, 5.41) is 6.48. The van der Waals surface area contributed by atoms with Gasteiger partial charge in [0.15, 0.2) is 0 Å². The van der Waals surface area contributed by atoms with Gasteiger partial charge < -0.3 is 20.1 Å². The highest BCUT2D eigenvalue weighted by Crippen LogP contribution is 2.23. The molecule has 0 radical (unpaired) electrons. The van der Waals surface area contributed by atoms with Crippen molar-refractivity contribution in [1.82, 2.24) is 10.3 Å². The number of pyridine rings is 1. The first-order valence-electron chi connectivity index (χ1n) is 8.96. The average molecular weight is 375 g/mol. The zero-order chi connectivity index (χ0) is 19.6. The molecule has 0 atom stereocenters. The van der Waals surface area contributed by atoms with Crippen LogP contribution in [-0.2, 0) is 0 Å². The summed E-state index contributed by atoms with van der Waals surface area (Å²) >= 11 is 0. The van der Waals surface area contributed by atoms with E-state index in [1.54, 1.807) is 18.3 Å². The molecule has 1 aromatic heterocycles. The van der Waals surface area contributed by atoms with E-state index >= 15 is 0 Å². The molecule has 0 saturated carbocycles. The fourth-order valence-corrected chi connectivity index (χ4v) is 2.51. The molecule has 0 bridgehead atoms. The number of benzene rings is 2. The molecule has 0 spiro atoms. The number of hydrogen-bond donors (Lipinski definition) is 2. The molecule has 1 heterocycles. The Bertz CT molecular complexity index is 1010. The largest absolute Gasteiger partial charge is 0.492 e. The highest BCUT2D eigenvalue weighted by molar-refractivity contribution is 5.91. The molecule has 3 aromatic rings. The molecule has 0 unspecified atom stereocenters.